The predicted octanol–water partition coefficient (Wildman–Crippen LogP) is 3.41. The number of aromatic amines is 1. The van der Waals surface area contributed by atoms with Crippen molar-refractivity contribution in [1.29, 1.82) is 0 Å². The van der Waals surface area contributed by atoms with E-state index < -0.39 is 0 Å². The first kappa shape index (κ1) is 13.4. The van der Waals surface area contributed by atoms with E-state index in [2.05, 4.69) is 19.9 Å². The number of benzene rings is 1. The third-order valence-electron chi connectivity index (χ3n) is 3.62. The molecule has 3 N–H and O–H groups in total. The minimum absolute atomic E-state index is 0.144. The minimum atomic E-state index is -0.320. The summed E-state index contributed by atoms with van der Waals surface area (Å²) in [6.07, 6.45) is 5.32. The Balaban J connectivity index is 1.90. The maximum absolute atomic E-state index is 13.4. The standard InChI is InChI=1S/C17H12FN5/c18-11-3-1-2-10(6-11)14-7-15(23-17(19)22-14)13-8-21-16-9-20-5-4-12(13)16/h1-9,21H,(H2,19,22,23). The molecular formula is C17H12FN5. The number of nitrogens with one attached hydrogen (secondary N) is 1. The molecule has 0 aliphatic carbocycles. The minimum Gasteiger partial charge on any atom is -0.368 e. The molecule has 3 aromatic heterocycles. The van der Waals surface area contributed by atoms with Crippen LogP contribution in [0, 0.1) is 5.82 Å². The number of nitrogens with zero attached hydrogens (tertiary/aromatic N) is 3. The van der Waals surface area contributed by atoms with Gasteiger partial charge >= 0.3 is 0 Å². The Hall–Kier alpha value is -3.28. The van der Waals surface area contributed by atoms with Crippen molar-refractivity contribution in [3.63, 3.8) is 0 Å². The molecule has 0 saturated carbocycles. The fourth-order valence-electron chi connectivity index (χ4n) is 2.58. The SMILES string of the molecule is Nc1nc(-c2cccc(F)c2)cc(-c2c[nH]c3cnccc23)n1. The quantitative estimate of drug-likeness (QED) is 0.594. The highest BCUT2D eigenvalue weighted by atomic mass is 19.1. The second-order valence-corrected chi connectivity index (χ2v) is 5.13. The van der Waals surface area contributed by atoms with Gasteiger partial charge in [0, 0.05) is 28.9 Å². The Morgan fingerprint density at radius 2 is 1.91 bits per heavy atom. The highest BCUT2D eigenvalue weighted by Crippen LogP contribution is 2.29. The number of hydrogen-bond acceptors (Lipinski definition) is 4. The van der Waals surface area contributed by atoms with Crippen molar-refractivity contribution in [2.24, 2.45) is 0 Å². The van der Waals surface area contributed by atoms with Crippen LogP contribution in [0.15, 0.2) is 55.0 Å². The van der Waals surface area contributed by atoms with E-state index in [-0.39, 0.29) is 11.8 Å². The first-order valence-corrected chi connectivity index (χ1v) is 7.03. The number of fused-ring (bicyclic) bond motifs is 1. The summed E-state index contributed by atoms with van der Waals surface area (Å²) >= 11 is 0. The van der Waals surface area contributed by atoms with E-state index in [1.54, 1.807) is 30.6 Å². The Bertz CT molecular complexity index is 1010. The smallest absolute Gasteiger partial charge is 0.221 e. The second-order valence-electron chi connectivity index (χ2n) is 5.13. The van der Waals surface area contributed by atoms with Crippen molar-refractivity contribution in [2.45, 2.75) is 0 Å². The molecule has 5 nitrogen and oxygen atoms in total. The van der Waals surface area contributed by atoms with Gasteiger partial charge < -0.3 is 10.7 Å². The van der Waals surface area contributed by atoms with Crippen molar-refractivity contribution in [1.82, 2.24) is 19.9 Å². The molecule has 0 fully saturated rings. The van der Waals surface area contributed by atoms with Gasteiger partial charge in [0.2, 0.25) is 5.95 Å². The molecule has 0 atom stereocenters. The van der Waals surface area contributed by atoms with Gasteiger partial charge in [-0.25, -0.2) is 14.4 Å². The molecular weight excluding hydrogens is 293 g/mol. The number of nitrogen functional groups attached to an aromatic ring is 1. The van der Waals surface area contributed by atoms with Crippen LogP contribution in [-0.4, -0.2) is 19.9 Å². The third-order valence-corrected chi connectivity index (χ3v) is 3.62. The summed E-state index contributed by atoms with van der Waals surface area (Å²) < 4.78 is 13.4. The first-order valence-electron chi connectivity index (χ1n) is 7.03. The second kappa shape index (κ2) is 5.17. The van der Waals surface area contributed by atoms with E-state index in [1.807, 2.05) is 12.3 Å². The number of hydrogen-bond donors (Lipinski definition) is 2. The molecule has 112 valence electrons. The lowest BCUT2D eigenvalue weighted by Gasteiger charge is -2.06. The molecule has 0 aliphatic rings. The van der Waals surface area contributed by atoms with Gasteiger partial charge in [-0.1, -0.05) is 12.1 Å². The molecule has 0 bridgehead atoms. The topological polar surface area (TPSA) is 80.5 Å². The van der Waals surface area contributed by atoms with Crippen molar-refractivity contribution in [3.8, 4) is 22.5 Å². The number of H-pyrrole nitrogens is 1. The van der Waals surface area contributed by atoms with E-state index in [0.29, 0.717) is 17.0 Å². The molecule has 0 amide bonds. The lowest BCUT2D eigenvalue weighted by Crippen LogP contribution is -1.98. The maximum Gasteiger partial charge on any atom is 0.221 e. The highest BCUT2D eigenvalue weighted by molar-refractivity contribution is 5.94. The molecule has 0 radical (unpaired) electrons. The zero-order valence-corrected chi connectivity index (χ0v) is 12.0. The van der Waals surface area contributed by atoms with Gasteiger partial charge in [-0.3, -0.25) is 4.98 Å². The average Bonchev–Trinajstić information content (AvgIpc) is 2.98. The highest BCUT2D eigenvalue weighted by Gasteiger charge is 2.11. The number of rotatable bonds is 2. The third kappa shape index (κ3) is 2.40. The van der Waals surface area contributed by atoms with Crippen LogP contribution in [0.25, 0.3) is 33.4 Å². The number of pyridine rings is 1. The van der Waals surface area contributed by atoms with E-state index in [4.69, 9.17) is 5.73 Å². The van der Waals surface area contributed by atoms with Gasteiger partial charge in [0.15, 0.2) is 0 Å². The van der Waals surface area contributed by atoms with E-state index in [0.717, 1.165) is 16.5 Å². The molecule has 0 saturated heterocycles. The fourth-order valence-corrected chi connectivity index (χ4v) is 2.58. The molecule has 23 heavy (non-hydrogen) atoms. The number of nitrogens with two attached hydrogens (primary N) is 1. The first-order chi connectivity index (χ1) is 11.2. The summed E-state index contributed by atoms with van der Waals surface area (Å²) in [5, 5.41) is 0.989. The summed E-state index contributed by atoms with van der Waals surface area (Å²) in [4.78, 5) is 15.8. The van der Waals surface area contributed by atoms with E-state index in [9.17, 15) is 4.39 Å². The molecule has 0 aliphatic heterocycles. The van der Waals surface area contributed by atoms with Crippen molar-refractivity contribution < 1.29 is 4.39 Å². The Labute approximate surface area is 131 Å². The van der Waals surface area contributed by atoms with Crippen molar-refractivity contribution in [2.75, 3.05) is 5.73 Å². The van der Waals surface area contributed by atoms with Gasteiger partial charge in [0.1, 0.15) is 5.82 Å². The van der Waals surface area contributed by atoms with Crippen LogP contribution in [0.5, 0.6) is 0 Å². The predicted molar refractivity (Wildman–Crippen MR) is 86.9 cm³/mol. The molecule has 3 heterocycles. The number of halogens is 1. The zero-order chi connectivity index (χ0) is 15.8. The monoisotopic (exact) mass is 305 g/mol. The summed E-state index contributed by atoms with van der Waals surface area (Å²) in [6, 6.07) is 9.94. The summed E-state index contributed by atoms with van der Waals surface area (Å²) in [6.45, 7) is 0. The van der Waals surface area contributed by atoms with Gasteiger partial charge in [0.05, 0.1) is 23.1 Å². The summed E-state index contributed by atoms with van der Waals surface area (Å²) in [5.41, 5.74) is 9.56. The lowest BCUT2D eigenvalue weighted by atomic mass is 10.1. The number of aromatic nitrogens is 4. The fraction of sp³-hybridized carbons (Fsp3) is 0. The van der Waals surface area contributed by atoms with Crippen LogP contribution in [0.3, 0.4) is 0 Å². The van der Waals surface area contributed by atoms with Gasteiger partial charge in [0.25, 0.3) is 0 Å². The lowest BCUT2D eigenvalue weighted by molar-refractivity contribution is 0.628. The molecule has 1 aromatic carbocycles. The van der Waals surface area contributed by atoms with Gasteiger partial charge in [-0.15, -0.1) is 0 Å². The van der Waals surface area contributed by atoms with Crippen LogP contribution < -0.4 is 5.73 Å². The summed E-state index contributed by atoms with van der Waals surface area (Å²) in [7, 11) is 0. The maximum atomic E-state index is 13.4. The molecule has 6 heteroatoms. The molecule has 4 aromatic rings. The Morgan fingerprint density at radius 1 is 1.04 bits per heavy atom. The normalized spacial score (nSPS) is 11.0. The van der Waals surface area contributed by atoms with Crippen LogP contribution in [-0.2, 0) is 0 Å². The van der Waals surface area contributed by atoms with Crippen LogP contribution >= 0.6 is 0 Å². The van der Waals surface area contributed by atoms with Gasteiger partial charge in [-0.05, 0) is 24.3 Å². The van der Waals surface area contributed by atoms with Crippen LogP contribution in [0.2, 0.25) is 0 Å². The number of anilines is 1. The largest absolute Gasteiger partial charge is 0.368 e. The van der Waals surface area contributed by atoms with Crippen LogP contribution in [0.1, 0.15) is 0 Å². The van der Waals surface area contributed by atoms with Gasteiger partial charge in [-0.2, -0.15) is 0 Å². The van der Waals surface area contributed by atoms with Crippen molar-refractivity contribution in [3.05, 3.63) is 60.8 Å². The molecule has 4 rings (SSSR count). The molecule has 0 unspecified atom stereocenters. The Kier molecular flexibility index (Phi) is 3.01. The van der Waals surface area contributed by atoms with Crippen LogP contribution in [0.4, 0.5) is 10.3 Å². The summed E-state index contributed by atoms with van der Waals surface area (Å²) in [5.74, 6) is -0.176. The molecule has 0 spiro atoms. The zero-order valence-electron chi connectivity index (χ0n) is 12.0. The van der Waals surface area contributed by atoms with E-state index in [1.165, 1.54) is 12.1 Å². The average molecular weight is 305 g/mol. The van der Waals surface area contributed by atoms with E-state index >= 15 is 0 Å². The van der Waals surface area contributed by atoms with Crippen molar-refractivity contribution >= 4 is 16.9 Å². The Morgan fingerprint density at radius 3 is 2.78 bits per heavy atom.